The molecular formula is C21H18N4O. The maximum absolute atomic E-state index is 12.3. The lowest BCUT2D eigenvalue weighted by Crippen LogP contribution is -2.27. The molecule has 1 aromatic heterocycles. The number of carbonyl (C=O) groups excluding carboxylic acids is 1. The summed E-state index contributed by atoms with van der Waals surface area (Å²) in [6.07, 6.45) is 1.61. The highest BCUT2D eigenvalue weighted by molar-refractivity contribution is 5.92. The average molecular weight is 342 g/mol. The molecular weight excluding hydrogens is 324 g/mol. The van der Waals surface area contributed by atoms with Crippen molar-refractivity contribution in [3.8, 4) is 6.07 Å². The van der Waals surface area contributed by atoms with E-state index in [4.69, 9.17) is 5.26 Å². The van der Waals surface area contributed by atoms with Gasteiger partial charge in [-0.3, -0.25) is 4.79 Å². The molecule has 3 rings (SSSR count). The third-order valence-corrected chi connectivity index (χ3v) is 3.95. The number of nitrogens with zero attached hydrogens (tertiary/aromatic N) is 2. The molecule has 0 aliphatic heterocycles. The van der Waals surface area contributed by atoms with Gasteiger partial charge in [-0.2, -0.15) is 5.26 Å². The molecule has 5 nitrogen and oxygen atoms in total. The van der Waals surface area contributed by atoms with E-state index in [1.807, 2.05) is 49.4 Å². The van der Waals surface area contributed by atoms with E-state index >= 15 is 0 Å². The van der Waals surface area contributed by atoms with E-state index in [1.54, 1.807) is 30.5 Å². The number of benzene rings is 2. The first-order valence-corrected chi connectivity index (χ1v) is 8.25. The second-order valence-electron chi connectivity index (χ2n) is 5.85. The molecule has 0 saturated heterocycles. The topological polar surface area (TPSA) is 77.8 Å². The molecule has 5 heteroatoms. The fourth-order valence-electron chi connectivity index (χ4n) is 2.49. The monoisotopic (exact) mass is 342 g/mol. The molecule has 1 amide bonds. The van der Waals surface area contributed by atoms with Gasteiger partial charge >= 0.3 is 0 Å². The Morgan fingerprint density at radius 3 is 2.31 bits per heavy atom. The van der Waals surface area contributed by atoms with Gasteiger partial charge in [-0.15, -0.1) is 0 Å². The maximum Gasteiger partial charge on any atom is 0.270 e. The Morgan fingerprint density at radius 1 is 1.00 bits per heavy atom. The Morgan fingerprint density at radius 2 is 1.69 bits per heavy atom. The van der Waals surface area contributed by atoms with E-state index in [-0.39, 0.29) is 11.9 Å². The summed E-state index contributed by atoms with van der Waals surface area (Å²) >= 11 is 0. The standard InChI is InChI=1S/C21H18N4O/c1-15(17-5-3-2-4-6-17)24-21(26)20-12-11-19(14-23-20)25-18-9-7-16(13-22)8-10-18/h2-12,14-15,25H,1H3,(H,24,26). The molecule has 0 aliphatic rings. The van der Waals surface area contributed by atoms with Crippen LogP contribution in [0.15, 0.2) is 72.9 Å². The summed E-state index contributed by atoms with van der Waals surface area (Å²) in [7, 11) is 0. The normalized spacial score (nSPS) is 11.2. The van der Waals surface area contributed by atoms with Crippen molar-refractivity contribution in [2.24, 2.45) is 0 Å². The molecule has 0 spiro atoms. The predicted molar refractivity (Wildman–Crippen MR) is 101 cm³/mol. The van der Waals surface area contributed by atoms with E-state index in [2.05, 4.69) is 21.7 Å². The van der Waals surface area contributed by atoms with Gasteiger partial charge in [0.2, 0.25) is 0 Å². The number of nitrogens with one attached hydrogen (secondary N) is 2. The molecule has 26 heavy (non-hydrogen) atoms. The summed E-state index contributed by atoms with van der Waals surface area (Å²) in [6.45, 7) is 1.94. The molecule has 3 aromatic rings. The third kappa shape index (κ3) is 4.25. The first kappa shape index (κ1) is 17.2. The number of pyridine rings is 1. The van der Waals surface area contributed by atoms with Crippen LogP contribution in [0.5, 0.6) is 0 Å². The van der Waals surface area contributed by atoms with Crippen LogP contribution in [-0.4, -0.2) is 10.9 Å². The van der Waals surface area contributed by atoms with Gasteiger partial charge in [0.1, 0.15) is 5.69 Å². The van der Waals surface area contributed by atoms with Gasteiger partial charge in [-0.05, 0) is 48.9 Å². The minimum Gasteiger partial charge on any atom is -0.354 e. The number of carbonyl (C=O) groups is 1. The molecule has 128 valence electrons. The van der Waals surface area contributed by atoms with Gasteiger partial charge in [-0.1, -0.05) is 30.3 Å². The molecule has 2 N–H and O–H groups in total. The van der Waals surface area contributed by atoms with E-state index in [1.165, 1.54) is 0 Å². The molecule has 0 saturated carbocycles. The zero-order chi connectivity index (χ0) is 18.4. The smallest absolute Gasteiger partial charge is 0.270 e. The highest BCUT2D eigenvalue weighted by atomic mass is 16.1. The molecule has 0 radical (unpaired) electrons. The van der Waals surface area contributed by atoms with Gasteiger partial charge in [0.25, 0.3) is 5.91 Å². The summed E-state index contributed by atoms with van der Waals surface area (Å²) in [5.74, 6) is -0.216. The van der Waals surface area contributed by atoms with Crippen molar-refractivity contribution in [1.29, 1.82) is 5.26 Å². The first-order chi connectivity index (χ1) is 12.7. The van der Waals surface area contributed by atoms with Crippen molar-refractivity contribution >= 4 is 17.3 Å². The average Bonchev–Trinajstić information content (AvgIpc) is 2.69. The van der Waals surface area contributed by atoms with Crippen molar-refractivity contribution in [1.82, 2.24) is 10.3 Å². The Labute approximate surface area is 152 Å². The van der Waals surface area contributed by atoms with Crippen LogP contribution in [-0.2, 0) is 0 Å². The van der Waals surface area contributed by atoms with Crippen LogP contribution in [0.25, 0.3) is 0 Å². The second kappa shape index (κ2) is 7.95. The van der Waals surface area contributed by atoms with Crippen LogP contribution in [0.4, 0.5) is 11.4 Å². The number of hydrogen-bond acceptors (Lipinski definition) is 4. The summed E-state index contributed by atoms with van der Waals surface area (Å²) < 4.78 is 0. The third-order valence-electron chi connectivity index (χ3n) is 3.95. The van der Waals surface area contributed by atoms with Crippen LogP contribution in [0.2, 0.25) is 0 Å². The van der Waals surface area contributed by atoms with Crippen LogP contribution in [0, 0.1) is 11.3 Å². The molecule has 2 aromatic carbocycles. The quantitative estimate of drug-likeness (QED) is 0.729. The molecule has 1 heterocycles. The van der Waals surface area contributed by atoms with E-state index in [0.29, 0.717) is 11.3 Å². The summed E-state index contributed by atoms with van der Waals surface area (Å²) in [5.41, 5.74) is 3.62. The summed E-state index contributed by atoms with van der Waals surface area (Å²) in [4.78, 5) is 16.6. The number of anilines is 2. The predicted octanol–water partition coefficient (Wildman–Crippen LogP) is 4.19. The minimum absolute atomic E-state index is 0.0954. The zero-order valence-electron chi connectivity index (χ0n) is 14.3. The Balaban J connectivity index is 1.63. The highest BCUT2D eigenvalue weighted by Crippen LogP contribution is 2.17. The molecule has 1 unspecified atom stereocenters. The Hall–Kier alpha value is -3.65. The van der Waals surface area contributed by atoms with E-state index < -0.39 is 0 Å². The zero-order valence-corrected chi connectivity index (χ0v) is 14.3. The minimum atomic E-state index is -0.216. The van der Waals surface area contributed by atoms with Crippen molar-refractivity contribution in [2.75, 3.05) is 5.32 Å². The lowest BCUT2D eigenvalue weighted by Gasteiger charge is -2.14. The SMILES string of the molecule is CC(NC(=O)c1ccc(Nc2ccc(C#N)cc2)cn1)c1ccccc1. The Kier molecular flexibility index (Phi) is 5.25. The molecule has 0 fully saturated rings. The number of hydrogen-bond donors (Lipinski definition) is 2. The van der Waals surface area contributed by atoms with Gasteiger partial charge < -0.3 is 10.6 Å². The Bertz CT molecular complexity index is 913. The summed E-state index contributed by atoms with van der Waals surface area (Å²) in [5, 5.41) is 14.9. The molecule has 0 aliphatic carbocycles. The highest BCUT2D eigenvalue weighted by Gasteiger charge is 2.12. The fraction of sp³-hybridized carbons (Fsp3) is 0.0952. The van der Waals surface area contributed by atoms with Crippen molar-refractivity contribution in [3.63, 3.8) is 0 Å². The second-order valence-corrected chi connectivity index (χ2v) is 5.85. The number of nitriles is 1. The fourth-order valence-corrected chi connectivity index (χ4v) is 2.49. The summed E-state index contributed by atoms with van der Waals surface area (Å²) in [6, 6.07) is 22.4. The van der Waals surface area contributed by atoms with Crippen LogP contribution < -0.4 is 10.6 Å². The number of amides is 1. The van der Waals surface area contributed by atoms with E-state index in [0.717, 1.165) is 16.9 Å². The van der Waals surface area contributed by atoms with Gasteiger partial charge in [0.05, 0.1) is 29.6 Å². The number of aromatic nitrogens is 1. The largest absolute Gasteiger partial charge is 0.354 e. The molecule has 1 atom stereocenters. The maximum atomic E-state index is 12.3. The van der Waals surface area contributed by atoms with Gasteiger partial charge in [0, 0.05) is 5.69 Å². The van der Waals surface area contributed by atoms with Crippen LogP contribution in [0.1, 0.15) is 34.6 Å². The molecule has 0 bridgehead atoms. The van der Waals surface area contributed by atoms with E-state index in [9.17, 15) is 4.79 Å². The van der Waals surface area contributed by atoms with Gasteiger partial charge in [-0.25, -0.2) is 4.98 Å². The number of rotatable bonds is 5. The lowest BCUT2D eigenvalue weighted by molar-refractivity contribution is 0.0935. The van der Waals surface area contributed by atoms with Crippen molar-refractivity contribution < 1.29 is 4.79 Å². The van der Waals surface area contributed by atoms with Crippen LogP contribution in [0.3, 0.4) is 0 Å². The first-order valence-electron chi connectivity index (χ1n) is 8.25. The lowest BCUT2D eigenvalue weighted by atomic mass is 10.1. The van der Waals surface area contributed by atoms with Crippen molar-refractivity contribution in [3.05, 3.63) is 89.7 Å². The van der Waals surface area contributed by atoms with Crippen LogP contribution >= 0.6 is 0 Å². The van der Waals surface area contributed by atoms with Crippen molar-refractivity contribution in [2.45, 2.75) is 13.0 Å². The van der Waals surface area contributed by atoms with Gasteiger partial charge in [0.15, 0.2) is 0 Å².